The summed E-state index contributed by atoms with van der Waals surface area (Å²) in [5, 5.41) is 4.09. The summed E-state index contributed by atoms with van der Waals surface area (Å²) in [6.07, 6.45) is 11.3. The van der Waals surface area contributed by atoms with Crippen molar-refractivity contribution in [3.8, 4) is 0 Å². The van der Waals surface area contributed by atoms with Crippen molar-refractivity contribution in [3.63, 3.8) is 0 Å². The first kappa shape index (κ1) is 9.18. The fraction of sp³-hybridized carbons (Fsp3) is 0.300. The van der Waals surface area contributed by atoms with Gasteiger partial charge in [-0.15, -0.1) is 0 Å². The molecule has 4 N–H and O–H groups in total. The van der Waals surface area contributed by atoms with E-state index in [2.05, 4.69) is 5.10 Å². The Morgan fingerprint density at radius 1 is 1.50 bits per heavy atom. The summed E-state index contributed by atoms with van der Waals surface area (Å²) in [6, 6.07) is -0.198. The molecule has 0 aromatic carbocycles. The van der Waals surface area contributed by atoms with E-state index in [-0.39, 0.29) is 6.04 Å². The number of aromatic nitrogens is 2. The van der Waals surface area contributed by atoms with Gasteiger partial charge in [-0.3, -0.25) is 4.68 Å². The largest absolute Gasteiger partial charge is 0.322 e. The Morgan fingerprint density at radius 3 is 2.86 bits per heavy atom. The Bertz CT molecular complexity index is 391. The minimum Gasteiger partial charge on any atom is -0.322 e. The molecule has 0 amide bonds. The lowest BCUT2D eigenvalue weighted by molar-refractivity contribution is 0.492. The third kappa shape index (κ3) is 1.29. The van der Waals surface area contributed by atoms with Crippen LogP contribution < -0.4 is 11.5 Å². The molecular formula is C10H14N4. The maximum atomic E-state index is 6.22. The van der Waals surface area contributed by atoms with Gasteiger partial charge in [-0.2, -0.15) is 5.10 Å². The molecule has 1 aliphatic rings. The molecule has 0 spiro atoms. The van der Waals surface area contributed by atoms with Crippen LogP contribution in [0.3, 0.4) is 0 Å². The average Bonchev–Trinajstić information content (AvgIpc) is 2.58. The number of aryl methyl sites for hydroxylation is 1. The second kappa shape index (κ2) is 3.08. The summed E-state index contributed by atoms with van der Waals surface area (Å²) < 4.78 is 1.73. The Morgan fingerprint density at radius 2 is 2.29 bits per heavy atom. The van der Waals surface area contributed by atoms with Gasteiger partial charge in [-0.05, 0) is 0 Å². The summed E-state index contributed by atoms with van der Waals surface area (Å²) in [7, 11) is 1.86. The molecule has 4 nitrogen and oxygen atoms in total. The topological polar surface area (TPSA) is 69.9 Å². The molecule has 2 rings (SSSR count). The highest BCUT2D eigenvalue weighted by molar-refractivity contribution is 5.35. The van der Waals surface area contributed by atoms with E-state index < -0.39 is 5.54 Å². The fourth-order valence-electron chi connectivity index (χ4n) is 1.60. The van der Waals surface area contributed by atoms with Gasteiger partial charge in [-0.1, -0.05) is 24.3 Å². The van der Waals surface area contributed by atoms with E-state index in [1.807, 2.05) is 37.5 Å². The van der Waals surface area contributed by atoms with E-state index in [4.69, 9.17) is 11.5 Å². The van der Waals surface area contributed by atoms with Crippen molar-refractivity contribution in [1.29, 1.82) is 0 Å². The number of allylic oxidation sites excluding steroid dienone is 2. The van der Waals surface area contributed by atoms with E-state index in [0.717, 1.165) is 5.56 Å². The van der Waals surface area contributed by atoms with Crippen LogP contribution in [0.2, 0.25) is 0 Å². The van der Waals surface area contributed by atoms with Crippen molar-refractivity contribution in [2.75, 3.05) is 0 Å². The minimum absolute atomic E-state index is 0.198. The molecule has 1 aliphatic carbocycles. The summed E-state index contributed by atoms with van der Waals surface area (Å²) in [6.45, 7) is 0. The molecule has 0 saturated heterocycles. The molecule has 0 radical (unpaired) electrons. The lowest BCUT2D eigenvalue weighted by Crippen LogP contribution is -2.50. The lowest BCUT2D eigenvalue weighted by Gasteiger charge is -2.31. The second-order valence-corrected chi connectivity index (χ2v) is 3.61. The average molecular weight is 190 g/mol. The van der Waals surface area contributed by atoms with E-state index in [1.165, 1.54) is 0 Å². The van der Waals surface area contributed by atoms with Crippen molar-refractivity contribution in [3.05, 3.63) is 42.3 Å². The molecule has 0 fully saturated rings. The Labute approximate surface area is 82.9 Å². The van der Waals surface area contributed by atoms with Crippen molar-refractivity contribution in [2.45, 2.75) is 11.6 Å². The Kier molecular flexibility index (Phi) is 2.02. The number of hydrogen-bond donors (Lipinski definition) is 2. The lowest BCUT2D eigenvalue weighted by atomic mass is 9.83. The van der Waals surface area contributed by atoms with Gasteiger partial charge >= 0.3 is 0 Å². The van der Waals surface area contributed by atoms with Crippen LogP contribution in [0.4, 0.5) is 0 Å². The minimum atomic E-state index is -0.622. The third-order valence-electron chi connectivity index (χ3n) is 2.56. The molecule has 1 heterocycles. The predicted molar refractivity (Wildman–Crippen MR) is 55.3 cm³/mol. The number of hydrogen-bond acceptors (Lipinski definition) is 3. The van der Waals surface area contributed by atoms with Gasteiger partial charge in [0.25, 0.3) is 0 Å². The fourth-order valence-corrected chi connectivity index (χ4v) is 1.60. The van der Waals surface area contributed by atoms with Crippen LogP contribution >= 0.6 is 0 Å². The first-order valence-electron chi connectivity index (χ1n) is 4.52. The maximum Gasteiger partial charge on any atom is 0.0819 e. The monoisotopic (exact) mass is 190 g/mol. The highest BCUT2D eigenvalue weighted by Crippen LogP contribution is 2.25. The van der Waals surface area contributed by atoms with Crippen molar-refractivity contribution in [1.82, 2.24) is 9.78 Å². The van der Waals surface area contributed by atoms with Crippen LogP contribution in [-0.2, 0) is 12.6 Å². The van der Waals surface area contributed by atoms with Gasteiger partial charge in [0.1, 0.15) is 0 Å². The molecule has 74 valence electrons. The van der Waals surface area contributed by atoms with Crippen molar-refractivity contribution < 1.29 is 0 Å². The van der Waals surface area contributed by atoms with Crippen LogP contribution in [0.1, 0.15) is 5.56 Å². The maximum absolute atomic E-state index is 6.22. The number of nitrogens with zero attached hydrogens (tertiary/aromatic N) is 2. The highest BCUT2D eigenvalue weighted by atomic mass is 15.2. The molecule has 2 atom stereocenters. The molecule has 0 aliphatic heterocycles. The zero-order valence-corrected chi connectivity index (χ0v) is 8.09. The van der Waals surface area contributed by atoms with E-state index in [0.29, 0.717) is 0 Å². The zero-order chi connectivity index (χ0) is 10.2. The van der Waals surface area contributed by atoms with Gasteiger partial charge in [-0.25, -0.2) is 0 Å². The molecular weight excluding hydrogens is 176 g/mol. The Hall–Kier alpha value is -1.39. The van der Waals surface area contributed by atoms with Gasteiger partial charge < -0.3 is 11.5 Å². The van der Waals surface area contributed by atoms with E-state index in [9.17, 15) is 0 Å². The van der Waals surface area contributed by atoms with Gasteiger partial charge in [0.05, 0.1) is 11.7 Å². The summed E-state index contributed by atoms with van der Waals surface area (Å²) in [5.41, 5.74) is 12.5. The Balaban J connectivity index is 2.41. The normalized spacial score (nSPS) is 30.9. The van der Waals surface area contributed by atoms with Crippen molar-refractivity contribution >= 4 is 0 Å². The van der Waals surface area contributed by atoms with E-state index in [1.54, 1.807) is 10.9 Å². The predicted octanol–water partition coefficient (Wildman–Crippen LogP) is 0.0274. The van der Waals surface area contributed by atoms with Crippen LogP contribution in [-0.4, -0.2) is 15.8 Å². The molecule has 2 unspecified atom stereocenters. The summed E-state index contributed by atoms with van der Waals surface area (Å²) in [5.74, 6) is 0. The first-order valence-corrected chi connectivity index (χ1v) is 4.52. The molecule has 1 aromatic heterocycles. The SMILES string of the molecule is Cn1cc(C2(N)C=CC=CC2N)cn1. The van der Waals surface area contributed by atoms with Crippen LogP contribution in [0.15, 0.2) is 36.7 Å². The molecule has 0 bridgehead atoms. The highest BCUT2D eigenvalue weighted by Gasteiger charge is 2.32. The summed E-state index contributed by atoms with van der Waals surface area (Å²) >= 11 is 0. The van der Waals surface area contributed by atoms with Gasteiger partial charge in [0, 0.05) is 24.8 Å². The van der Waals surface area contributed by atoms with Crippen molar-refractivity contribution in [2.24, 2.45) is 18.5 Å². The molecule has 4 heteroatoms. The summed E-state index contributed by atoms with van der Waals surface area (Å²) in [4.78, 5) is 0. The zero-order valence-electron chi connectivity index (χ0n) is 8.09. The van der Waals surface area contributed by atoms with Crippen LogP contribution in [0.25, 0.3) is 0 Å². The van der Waals surface area contributed by atoms with Crippen LogP contribution in [0, 0.1) is 0 Å². The first-order chi connectivity index (χ1) is 6.63. The standard InChI is InChI=1S/C10H14N4/c1-14-7-8(6-13-14)10(12)5-3-2-4-9(10)11/h2-7,9H,11-12H2,1H3. The quantitative estimate of drug-likeness (QED) is 0.656. The molecule has 0 saturated carbocycles. The molecule has 1 aromatic rings. The van der Waals surface area contributed by atoms with E-state index >= 15 is 0 Å². The molecule has 14 heavy (non-hydrogen) atoms. The van der Waals surface area contributed by atoms with Crippen LogP contribution in [0.5, 0.6) is 0 Å². The third-order valence-corrected chi connectivity index (χ3v) is 2.56. The number of nitrogens with two attached hydrogens (primary N) is 2. The van der Waals surface area contributed by atoms with Gasteiger partial charge in [0.15, 0.2) is 0 Å². The second-order valence-electron chi connectivity index (χ2n) is 3.61. The number of rotatable bonds is 1. The van der Waals surface area contributed by atoms with Gasteiger partial charge in [0.2, 0.25) is 0 Å². The smallest absolute Gasteiger partial charge is 0.0819 e.